The molecule has 3 saturated heterocycles. The quantitative estimate of drug-likeness (QED) is 0.513. The summed E-state index contributed by atoms with van der Waals surface area (Å²) < 4.78 is 29.0. The Kier molecular flexibility index (Phi) is 8.66. The fourth-order valence-electron chi connectivity index (χ4n) is 6.28. The minimum atomic E-state index is -1.43. The van der Waals surface area contributed by atoms with E-state index in [1.165, 1.54) is 27.5 Å². The second-order valence-electron chi connectivity index (χ2n) is 11.1. The van der Waals surface area contributed by atoms with Crippen LogP contribution in [0, 0.1) is 5.82 Å². The number of hydrogen-bond acceptors (Lipinski definition) is 11. The molecule has 0 spiro atoms. The van der Waals surface area contributed by atoms with E-state index in [4.69, 9.17) is 14.6 Å². The number of pyridine rings is 1. The third-order valence-electron chi connectivity index (χ3n) is 8.51. The summed E-state index contributed by atoms with van der Waals surface area (Å²) in [6.07, 6.45) is 2.27. The lowest BCUT2D eigenvalue weighted by molar-refractivity contribution is 0.0694. The fraction of sp³-hybridized carbons (Fsp3) is 0.552. The zero-order valence-electron chi connectivity index (χ0n) is 25.3. The number of anilines is 2. The van der Waals surface area contributed by atoms with Gasteiger partial charge in [-0.3, -0.25) is 4.79 Å². The first-order chi connectivity index (χ1) is 21.7. The molecule has 5 heterocycles. The van der Waals surface area contributed by atoms with Crippen molar-refractivity contribution in [2.75, 3.05) is 88.5 Å². The van der Waals surface area contributed by atoms with Gasteiger partial charge in [-0.25, -0.2) is 23.5 Å². The number of benzene rings is 1. The Hall–Kier alpha value is -4.21. The van der Waals surface area contributed by atoms with Crippen LogP contribution in [-0.4, -0.2) is 126 Å². The number of rotatable bonds is 5. The van der Waals surface area contributed by atoms with Gasteiger partial charge >= 0.3 is 18.2 Å². The van der Waals surface area contributed by atoms with Crippen LogP contribution in [-0.2, 0) is 9.47 Å². The lowest BCUT2D eigenvalue weighted by Gasteiger charge is -2.40. The van der Waals surface area contributed by atoms with Crippen LogP contribution in [0.2, 0.25) is 0 Å². The van der Waals surface area contributed by atoms with Gasteiger partial charge in [-0.15, -0.1) is 5.10 Å². The van der Waals surface area contributed by atoms with Gasteiger partial charge in [0, 0.05) is 71.6 Å². The van der Waals surface area contributed by atoms with Crippen molar-refractivity contribution in [3.8, 4) is 0 Å². The molecule has 2 amide bonds. The summed E-state index contributed by atoms with van der Waals surface area (Å²) in [5, 5.41) is 15.3. The topological polar surface area (TPSA) is 140 Å². The largest absolute Gasteiger partial charge is 0.477 e. The number of carbonyl (C=O) groups is 3. The van der Waals surface area contributed by atoms with Crippen LogP contribution in [0.25, 0.3) is 10.9 Å². The summed E-state index contributed by atoms with van der Waals surface area (Å²) in [6.45, 7) is 7.57. The number of hydrogen-bond donors (Lipinski definition) is 1. The van der Waals surface area contributed by atoms with E-state index in [1.54, 1.807) is 23.6 Å². The number of ether oxygens (including phenoxy) is 2. The molecule has 1 N–H and O–H groups in total. The molecule has 16 heteroatoms. The molecule has 0 aliphatic carbocycles. The molecule has 4 aliphatic heterocycles. The molecule has 0 saturated carbocycles. The molecule has 6 rings (SSSR count). The molecule has 45 heavy (non-hydrogen) atoms. The highest BCUT2D eigenvalue weighted by molar-refractivity contribution is 8.14. The third kappa shape index (κ3) is 5.59. The smallest absolute Gasteiger partial charge is 0.409 e. The lowest BCUT2D eigenvalue weighted by Crippen LogP contribution is -2.50. The molecule has 0 atom stereocenters. The van der Waals surface area contributed by atoms with Crippen molar-refractivity contribution in [1.29, 1.82) is 0 Å². The SMILES string of the molecule is CCOC(=O)N1CCN(c2c(F)c(N3CCN(C(=O)OCC)CC3)c3c(=O)c(C(=O)O)cn4c3c2SC(N2CCCC2)=N4)CC1. The van der Waals surface area contributed by atoms with E-state index in [1.807, 2.05) is 4.90 Å². The average Bonchev–Trinajstić information content (AvgIpc) is 3.58. The molecular formula is C29H36FN7O7S. The number of nitrogens with zero attached hydrogens (tertiary/aromatic N) is 7. The van der Waals surface area contributed by atoms with E-state index in [2.05, 4.69) is 4.90 Å². The Morgan fingerprint density at radius 3 is 1.89 bits per heavy atom. The first-order valence-electron chi connectivity index (χ1n) is 15.3. The highest BCUT2D eigenvalue weighted by atomic mass is 32.2. The van der Waals surface area contributed by atoms with Crippen LogP contribution in [0.15, 0.2) is 21.0 Å². The van der Waals surface area contributed by atoms with Crippen molar-refractivity contribution in [3.63, 3.8) is 0 Å². The van der Waals surface area contributed by atoms with E-state index < -0.39 is 35.0 Å². The van der Waals surface area contributed by atoms with Crippen LogP contribution in [0.5, 0.6) is 0 Å². The van der Waals surface area contributed by atoms with E-state index in [0.717, 1.165) is 25.9 Å². The van der Waals surface area contributed by atoms with Gasteiger partial charge in [0.1, 0.15) is 5.56 Å². The van der Waals surface area contributed by atoms with Gasteiger partial charge in [-0.05, 0) is 38.5 Å². The lowest BCUT2D eigenvalue weighted by atomic mass is 10.0. The van der Waals surface area contributed by atoms with Crippen LogP contribution in [0.4, 0.5) is 25.4 Å². The van der Waals surface area contributed by atoms with Crippen LogP contribution >= 0.6 is 11.8 Å². The summed E-state index contributed by atoms with van der Waals surface area (Å²) in [6, 6.07) is 0. The third-order valence-corrected chi connectivity index (χ3v) is 9.62. The summed E-state index contributed by atoms with van der Waals surface area (Å²) >= 11 is 1.28. The Morgan fingerprint density at radius 2 is 1.38 bits per heavy atom. The standard InChI is InChI=1S/C29H36FN7O7S/c1-3-43-28(41)35-13-9-32(10-14-35)21-19-22-25(23(20(21)30)33-11-15-36(16-12-33)29(42)44-4-2)45-27(34-7-5-6-8-34)31-37(22)17-18(24(19)38)26(39)40/h17H,3-16H2,1-2H3,(H,39,40). The monoisotopic (exact) mass is 645 g/mol. The van der Waals surface area contributed by atoms with Gasteiger partial charge in [0.05, 0.1) is 40.4 Å². The van der Waals surface area contributed by atoms with Crippen LogP contribution in [0.3, 0.4) is 0 Å². The maximum absolute atomic E-state index is 17.3. The molecule has 2 aromatic rings. The van der Waals surface area contributed by atoms with Gasteiger partial charge in [0.25, 0.3) is 0 Å². The fourth-order valence-corrected chi connectivity index (χ4v) is 7.51. The van der Waals surface area contributed by atoms with Crippen molar-refractivity contribution in [2.45, 2.75) is 31.6 Å². The van der Waals surface area contributed by atoms with Crippen molar-refractivity contribution < 1.29 is 33.4 Å². The number of carboxylic acid groups (broad SMARTS) is 1. The normalized spacial score (nSPS) is 18.4. The van der Waals surface area contributed by atoms with Gasteiger partial charge < -0.3 is 39.1 Å². The first kappa shape index (κ1) is 30.8. The second kappa shape index (κ2) is 12.7. The molecule has 1 aromatic heterocycles. The maximum atomic E-state index is 17.3. The number of aromatic carboxylic acids is 1. The molecular weight excluding hydrogens is 609 g/mol. The number of amidine groups is 1. The second-order valence-corrected chi connectivity index (χ2v) is 12.1. The molecule has 0 bridgehead atoms. The number of aromatic nitrogens is 1. The van der Waals surface area contributed by atoms with Crippen molar-refractivity contribution >= 4 is 57.4 Å². The zero-order chi connectivity index (χ0) is 31.8. The number of carbonyl (C=O) groups excluding carboxylic acids is 2. The van der Waals surface area contributed by atoms with Gasteiger partial charge in [-0.2, -0.15) is 0 Å². The number of piperazine rings is 2. The number of carboxylic acids is 1. The van der Waals surface area contributed by atoms with Gasteiger partial charge in [0.2, 0.25) is 5.43 Å². The van der Waals surface area contributed by atoms with Gasteiger partial charge in [0.15, 0.2) is 11.0 Å². The summed E-state index contributed by atoms with van der Waals surface area (Å²) in [5.41, 5.74) is -0.698. The minimum absolute atomic E-state index is 0.0117. The van der Waals surface area contributed by atoms with Crippen molar-refractivity contribution in [1.82, 2.24) is 19.4 Å². The molecule has 3 fully saturated rings. The number of amides is 2. The number of likely N-dealkylation sites (tertiary alicyclic amines) is 1. The first-order valence-corrected chi connectivity index (χ1v) is 16.1. The Balaban J connectivity index is 1.51. The van der Waals surface area contributed by atoms with Crippen molar-refractivity contribution in [2.24, 2.45) is 5.10 Å². The molecule has 14 nitrogen and oxygen atoms in total. The summed E-state index contributed by atoms with van der Waals surface area (Å²) in [7, 11) is 0. The zero-order valence-corrected chi connectivity index (χ0v) is 26.1. The van der Waals surface area contributed by atoms with E-state index in [-0.39, 0.29) is 56.2 Å². The van der Waals surface area contributed by atoms with Crippen LogP contribution in [0.1, 0.15) is 37.0 Å². The maximum Gasteiger partial charge on any atom is 0.409 e. The average molecular weight is 646 g/mol. The van der Waals surface area contributed by atoms with Crippen LogP contribution < -0.4 is 15.2 Å². The van der Waals surface area contributed by atoms with E-state index in [9.17, 15) is 24.3 Å². The minimum Gasteiger partial charge on any atom is -0.477 e. The Morgan fingerprint density at radius 1 is 0.844 bits per heavy atom. The number of thioether (sulfide) groups is 1. The highest BCUT2D eigenvalue weighted by Gasteiger charge is 2.37. The summed E-state index contributed by atoms with van der Waals surface area (Å²) in [4.78, 5) is 60.2. The number of halogens is 1. The van der Waals surface area contributed by atoms with Crippen molar-refractivity contribution in [3.05, 3.63) is 27.8 Å². The predicted molar refractivity (Wildman–Crippen MR) is 166 cm³/mol. The Labute approximate surface area is 262 Å². The van der Waals surface area contributed by atoms with E-state index in [0.29, 0.717) is 41.8 Å². The summed E-state index contributed by atoms with van der Waals surface area (Å²) in [5.74, 6) is -2.07. The Bertz CT molecular complexity index is 1610. The molecule has 0 radical (unpaired) electrons. The van der Waals surface area contributed by atoms with Gasteiger partial charge in [-0.1, -0.05) is 0 Å². The molecule has 242 valence electrons. The molecule has 1 aromatic carbocycles. The van der Waals surface area contributed by atoms with E-state index >= 15 is 4.39 Å². The predicted octanol–water partition coefficient (Wildman–Crippen LogP) is 2.72. The molecule has 0 unspecified atom stereocenters. The highest BCUT2D eigenvalue weighted by Crippen LogP contribution is 2.47. The molecule has 4 aliphatic rings.